The zero-order valence-corrected chi connectivity index (χ0v) is 22.1. The van der Waals surface area contributed by atoms with Gasteiger partial charge in [-0.2, -0.15) is 0 Å². The average Bonchev–Trinajstić information content (AvgIpc) is 3.00. The van der Waals surface area contributed by atoms with Crippen molar-refractivity contribution in [1.29, 1.82) is 0 Å². The molecule has 0 spiro atoms. The molecule has 1 aromatic heterocycles. The number of nitrogens with zero attached hydrogens (tertiary/aromatic N) is 4. The molecule has 0 atom stereocenters. The van der Waals surface area contributed by atoms with Gasteiger partial charge in [-0.05, 0) is 31.4 Å². The highest BCUT2D eigenvalue weighted by Crippen LogP contribution is 2.26. The number of pyridine rings is 1. The van der Waals surface area contributed by atoms with Crippen LogP contribution in [0.1, 0.15) is 36.5 Å². The number of hydrogen-bond acceptors (Lipinski definition) is 5. The quantitative estimate of drug-likeness (QED) is 0.455. The van der Waals surface area contributed by atoms with Gasteiger partial charge in [0.05, 0.1) is 18.0 Å². The first kappa shape index (κ1) is 25.9. The molecule has 2 fully saturated rings. The molecule has 2 aliphatic rings. The third-order valence-corrected chi connectivity index (χ3v) is 7.48. The lowest BCUT2D eigenvalue weighted by Crippen LogP contribution is -2.54. The Labute approximate surface area is 225 Å². The molecule has 2 amide bonds. The van der Waals surface area contributed by atoms with Gasteiger partial charge in [-0.1, -0.05) is 67.6 Å². The van der Waals surface area contributed by atoms with E-state index < -0.39 is 0 Å². The summed E-state index contributed by atoms with van der Waals surface area (Å²) in [6, 6.07) is 24.3. The van der Waals surface area contributed by atoms with Gasteiger partial charge in [-0.25, -0.2) is 9.78 Å². The van der Waals surface area contributed by atoms with Crippen molar-refractivity contribution >= 4 is 12.0 Å². The van der Waals surface area contributed by atoms with Gasteiger partial charge in [0.25, 0.3) is 5.91 Å². The van der Waals surface area contributed by atoms with Crippen LogP contribution in [0.5, 0.6) is 0 Å². The summed E-state index contributed by atoms with van der Waals surface area (Å²) in [6.45, 7) is 7.02. The molecule has 0 aliphatic carbocycles. The average molecular weight is 513 g/mol. The van der Waals surface area contributed by atoms with Crippen molar-refractivity contribution in [2.24, 2.45) is 0 Å². The van der Waals surface area contributed by atoms with Crippen LogP contribution in [0.25, 0.3) is 22.5 Å². The molecule has 3 heterocycles. The van der Waals surface area contributed by atoms with E-state index in [1.165, 1.54) is 0 Å². The lowest BCUT2D eigenvalue weighted by molar-refractivity contribution is 0.0411. The number of likely N-dealkylation sites (tertiary alicyclic amines) is 1. The molecule has 2 aromatic carbocycles. The minimum Gasteiger partial charge on any atom is -0.449 e. The van der Waals surface area contributed by atoms with Gasteiger partial charge in [0.2, 0.25) is 0 Å². The Morgan fingerprint density at radius 2 is 1.34 bits per heavy atom. The van der Waals surface area contributed by atoms with Crippen molar-refractivity contribution in [3.63, 3.8) is 0 Å². The summed E-state index contributed by atoms with van der Waals surface area (Å²) in [6.07, 6.45) is 2.54. The molecule has 0 saturated carbocycles. The predicted octanol–water partition coefficient (Wildman–Crippen LogP) is 5.18. The lowest BCUT2D eigenvalue weighted by Gasteiger charge is -2.42. The number of carbonyl (C=O) groups is 2. The monoisotopic (exact) mass is 512 g/mol. The summed E-state index contributed by atoms with van der Waals surface area (Å²) in [5, 5.41) is 0. The molecule has 7 heteroatoms. The van der Waals surface area contributed by atoms with Crippen LogP contribution >= 0.6 is 0 Å². The molecular formula is C31H36N4O3. The SMILES string of the molecule is CCCOC(=O)N1CCC(N2CCN(C(=O)c3cc(-c4ccccc4)nc(-c4ccccc4)c3)CC2)CC1. The third kappa shape index (κ3) is 6.05. The Kier molecular flexibility index (Phi) is 8.34. The zero-order chi connectivity index (χ0) is 26.3. The molecule has 0 radical (unpaired) electrons. The standard InChI is InChI=1S/C31H36N4O3/c1-2-21-38-31(37)35-15-13-27(14-16-35)33-17-19-34(20-18-33)30(36)26-22-28(24-9-5-3-6-10-24)32-29(23-26)25-11-7-4-8-12-25/h3-12,22-23,27H,2,13-21H2,1H3. The summed E-state index contributed by atoms with van der Waals surface area (Å²) in [5.41, 5.74) is 4.27. The minimum atomic E-state index is -0.192. The fourth-order valence-electron chi connectivity index (χ4n) is 5.33. The van der Waals surface area contributed by atoms with E-state index in [-0.39, 0.29) is 12.0 Å². The fraction of sp³-hybridized carbons (Fsp3) is 0.387. The summed E-state index contributed by atoms with van der Waals surface area (Å²) >= 11 is 0. The second-order valence-electron chi connectivity index (χ2n) is 10.0. The molecule has 38 heavy (non-hydrogen) atoms. The van der Waals surface area contributed by atoms with Crippen molar-refractivity contribution < 1.29 is 14.3 Å². The van der Waals surface area contributed by atoms with Gasteiger partial charge in [0.15, 0.2) is 0 Å². The molecule has 5 rings (SSSR count). The maximum absolute atomic E-state index is 13.7. The van der Waals surface area contributed by atoms with E-state index in [2.05, 4.69) is 4.90 Å². The number of piperazine rings is 1. The van der Waals surface area contributed by atoms with Crippen molar-refractivity contribution in [3.05, 3.63) is 78.4 Å². The van der Waals surface area contributed by atoms with Crippen LogP contribution in [0.2, 0.25) is 0 Å². The van der Waals surface area contributed by atoms with Crippen LogP contribution in [0.4, 0.5) is 4.79 Å². The molecule has 198 valence electrons. The van der Waals surface area contributed by atoms with Crippen LogP contribution in [0.3, 0.4) is 0 Å². The molecule has 2 aliphatic heterocycles. The topological polar surface area (TPSA) is 66.0 Å². The van der Waals surface area contributed by atoms with E-state index in [9.17, 15) is 9.59 Å². The van der Waals surface area contributed by atoms with Crippen LogP contribution in [-0.2, 0) is 4.74 Å². The first-order valence-corrected chi connectivity index (χ1v) is 13.7. The molecular weight excluding hydrogens is 476 g/mol. The van der Waals surface area contributed by atoms with Crippen molar-refractivity contribution in [1.82, 2.24) is 19.7 Å². The van der Waals surface area contributed by atoms with Crippen LogP contribution < -0.4 is 0 Å². The Morgan fingerprint density at radius 3 is 1.87 bits per heavy atom. The number of hydrogen-bond donors (Lipinski definition) is 0. The Hall–Kier alpha value is -3.71. The van der Waals surface area contributed by atoms with Crippen LogP contribution in [0, 0.1) is 0 Å². The van der Waals surface area contributed by atoms with Crippen LogP contribution in [0.15, 0.2) is 72.8 Å². The minimum absolute atomic E-state index is 0.0508. The largest absolute Gasteiger partial charge is 0.449 e. The number of amides is 2. The number of piperidine rings is 1. The zero-order valence-electron chi connectivity index (χ0n) is 22.1. The van der Waals surface area contributed by atoms with Gasteiger partial charge in [0.1, 0.15) is 0 Å². The Morgan fingerprint density at radius 1 is 0.789 bits per heavy atom. The normalized spacial score (nSPS) is 16.9. The smallest absolute Gasteiger partial charge is 0.409 e. The maximum Gasteiger partial charge on any atom is 0.409 e. The molecule has 0 N–H and O–H groups in total. The molecule has 0 unspecified atom stereocenters. The van der Waals surface area contributed by atoms with Crippen LogP contribution in [-0.4, -0.2) is 83.6 Å². The highest BCUT2D eigenvalue weighted by Gasteiger charge is 2.31. The second-order valence-corrected chi connectivity index (χ2v) is 10.0. The number of benzene rings is 2. The van der Waals surface area contributed by atoms with Gasteiger partial charge in [-0.15, -0.1) is 0 Å². The maximum atomic E-state index is 13.7. The number of ether oxygens (including phenoxy) is 1. The Bertz CT molecular complexity index is 1160. The van der Waals surface area contributed by atoms with Crippen molar-refractivity contribution in [2.75, 3.05) is 45.9 Å². The van der Waals surface area contributed by atoms with Gasteiger partial charge < -0.3 is 14.5 Å². The molecule has 2 saturated heterocycles. The number of carbonyl (C=O) groups excluding carboxylic acids is 2. The van der Waals surface area contributed by atoms with Gasteiger partial charge in [-0.3, -0.25) is 9.69 Å². The van der Waals surface area contributed by atoms with Crippen molar-refractivity contribution in [2.45, 2.75) is 32.2 Å². The summed E-state index contributed by atoms with van der Waals surface area (Å²) in [4.78, 5) is 37.0. The Balaban J connectivity index is 1.24. The van der Waals surface area contributed by atoms with E-state index in [1.54, 1.807) is 0 Å². The highest BCUT2D eigenvalue weighted by molar-refractivity contribution is 5.96. The summed E-state index contributed by atoms with van der Waals surface area (Å²) in [5.74, 6) is 0.0508. The molecule has 7 nitrogen and oxygen atoms in total. The van der Waals surface area contributed by atoms with E-state index in [0.717, 1.165) is 68.0 Å². The second kappa shape index (κ2) is 12.2. The summed E-state index contributed by atoms with van der Waals surface area (Å²) < 4.78 is 5.29. The predicted molar refractivity (Wildman–Crippen MR) is 149 cm³/mol. The van der Waals surface area contributed by atoms with E-state index in [0.29, 0.717) is 31.3 Å². The molecule has 3 aromatic rings. The van der Waals surface area contributed by atoms with E-state index >= 15 is 0 Å². The lowest BCUT2D eigenvalue weighted by atomic mass is 10.0. The summed E-state index contributed by atoms with van der Waals surface area (Å²) in [7, 11) is 0. The van der Waals surface area contributed by atoms with Gasteiger partial charge >= 0.3 is 6.09 Å². The highest BCUT2D eigenvalue weighted by atomic mass is 16.6. The third-order valence-electron chi connectivity index (χ3n) is 7.48. The number of rotatable bonds is 6. The number of aromatic nitrogens is 1. The molecule has 0 bridgehead atoms. The fourth-order valence-corrected chi connectivity index (χ4v) is 5.33. The first-order valence-electron chi connectivity index (χ1n) is 13.7. The first-order chi connectivity index (χ1) is 18.6. The van der Waals surface area contributed by atoms with Gasteiger partial charge in [0, 0.05) is 62.0 Å². The van der Waals surface area contributed by atoms with E-state index in [4.69, 9.17) is 9.72 Å². The van der Waals surface area contributed by atoms with Crippen molar-refractivity contribution in [3.8, 4) is 22.5 Å². The van der Waals surface area contributed by atoms with E-state index in [1.807, 2.05) is 89.5 Å².